The Morgan fingerprint density at radius 2 is 1.91 bits per heavy atom. The molecule has 3 N–H and O–H groups in total. The monoisotopic (exact) mass is 436 g/mol. The zero-order valence-corrected chi connectivity index (χ0v) is 18.3. The van der Waals surface area contributed by atoms with E-state index >= 15 is 0 Å². The van der Waals surface area contributed by atoms with Gasteiger partial charge in [0, 0.05) is 41.2 Å². The summed E-state index contributed by atoms with van der Waals surface area (Å²) in [6, 6.07) is 18.0. The Bertz CT molecular complexity index is 1310. The molecule has 164 valence electrons. The van der Waals surface area contributed by atoms with Crippen LogP contribution in [-0.4, -0.2) is 20.9 Å². The number of carbonyl (C=O) groups is 1. The molecule has 0 atom stereocenters. The fraction of sp³-hybridized carbons (Fsp3) is 0.154. The zero-order chi connectivity index (χ0) is 22.6. The Kier molecular flexibility index (Phi) is 5.68. The summed E-state index contributed by atoms with van der Waals surface area (Å²) >= 11 is 0. The molecule has 0 unspecified atom stereocenters. The molecular formula is C26H24N6O. The lowest BCUT2D eigenvalue weighted by molar-refractivity contribution is -0.115. The van der Waals surface area contributed by atoms with E-state index in [0.717, 1.165) is 52.4 Å². The van der Waals surface area contributed by atoms with Crippen molar-refractivity contribution in [3.8, 4) is 0 Å². The molecule has 1 amide bonds. The minimum atomic E-state index is -0.0645. The van der Waals surface area contributed by atoms with Crippen LogP contribution >= 0.6 is 0 Å². The lowest BCUT2D eigenvalue weighted by Gasteiger charge is -2.15. The van der Waals surface area contributed by atoms with Crippen molar-refractivity contribution in [1.82, 2.24) is 15.0 Å². The molecule has 0 aliphatic carbocycles. The molecule has 7 heteroatoms. The molecule has 5 rings (SSSR count). The van der Waals surface area contributed by atoms with Gasteiger partial charge in [0.1, 0.15) is 5.82 Å². The van der Waals surface area contributed by atoms with Gasteiger partial charge in [0.25, 0.3) is 0 Å². The number of aryl methyl sites for hydroxylation is 3. The summed E-state index contributed by atoms with van der Waals surface area (Å²) in [5.74, 6) is 1.21. The molecule has 4 aromatic rings. The molecule has 6 bridgehead atoms. The molecule has 2 aromatic carbocycles. The molecule has 0 saturated heterocycles. The molecule has 1 aliphatic heterocycles. The second-order valence-electron chi connectivity index (χ2n) is 8.13. The molecule has 0 spiro atoms. The first kappa shape index (κ1) is 20.6. The molecule has 33 heavy (non-hydrogen) atoms. The lowest BCUT2D eigenvalue weighted by Crippen LogP contribution is -2.16. The van der Waals surface area contributed by atoms with Crippen LogP contribution in [0.2, 0.25) is 0 Å². The first-order valence-electron chi connectivity index (χ1n) is 10.9. The lowest BCUT2D eigenvalue weighted by atomic mass is 10.0. The van der Waals surface area contributed by atoms with Crippen molar-refractivity contribution in [2.75, 3.05) is 16.0 Å². The number of amides is 1. The van der Waals surface area contributed by atoms with Gasteiger partial charge in [0.2, 0.25) is 11.9 Å². The predicted octanol–water partition coefficient (Wildman–Crippen LogP) is 4.95. The van der Waals surface area contributed by atoms with Crippen LogP contribution in [0.1, 0.15) is 22.3 Å². The fourth-order valence-electron chi connectivity index (χ4n) is 3.86. The maximum Gasteiger partial charge on any atom is 0.229 e. The number of hydrogen-bond donors (Lipinski definition) is 3. The molecule has 1 aliphatic rings. The Hall–Kier alpha value is -4.26. The number of fused-ring (bicyclic) bond motifs is 6. The second kappa shape index (κ2) is 9.08. The van der Waals surface area contributed by atoms with E-state index in [4.69, 9.17) is 0 Å². The quantitative estimate of drug-likeness (QED) is 0.421. The topological polar surface area (TPSA) is 91.8 Å². The van der Waals surface area contributed by atoms with Gasteiger partial charge in [-0.1, -0.05) is 18.2 Å². The third-order valence-electron chi connectivity index (χ3n) is 5.57. The highest BCUT2D eigenvalue weighted by atomic mass is 16.1. The van der Waals surface area contributed by atoms with E-state index in [1.165, 1.54) is 5.56 Å². The number of anilines is 5. The standard InChI is InChI=1S/C26H24N6O/c1-17-15-28-26-30-21-6-2-4-18(12-21)7-8-20-14-22(29-25(17)32-26)9-10-23(20)31-24(33)13-19-5-3-11-27-16-19/h2-6,9-12,14-16H,7-8,13H2,1H3,(H,31,33)(H2,28,29,30,32). The third-order valence-corrected chi connectivity index (χ3v) is 5.57. The summed E-state index contributed by atoms with van der Waals surface area (Å²) < 4.78 is 0. The molecular weight excluding hydrogens is 412 g/mol. The highest BCUT2D eigenvalue weighted by Crippen LogP contribution is 2.27. The summed E-state index contributed by atoms with van der Waals surface area (Å²) in [4.78, 5) is 25.9. The number of hydrogen-bond acceptors (Lipinski definition) is 6. The van der Waals surface area contributed by atoms with Crippen LogP contribution in [0, 0.1) is 6.92 Å². The van der Waals surface area contributed by atoms with Crippen LogP contribution in [0.25, 0.3) is 0 Å². The normalized spacial score (nSPS) is 12.3. The van der Waals surface area contributed by atoms with E-state index in [-0.39, 0.29) is 12.3 Å². The number of aromatic nitrogens is 3. The molecule has 2 aromatic heterocycles. The van der Waals surface area contributed by atoms with Gasteiger partial charge in [0.05, 0.1) is 6.42 Å². The van der Waals surface area contributed by atoms with Crippen LogP contribution < -0.4 is 16.0 Å². The van der Waals surface area contributed by atoms with E-state index in [1.807, 2.05) is 43.3 Å². The van der Waals surface area contributed by atoms with Gasteiger partial charge in [-0.3, -0.25) is 9.78 Å². The molecule has 0 radical (unpaired) electrons. The number of benzene rings is 2. The summed E-state index contributed by atoms with van der Waals surface area (Å²) in [5.41, 5.74) is 6.75. The van der Waals surface area contributed by atoms with Crippen LogP contribution in [0.3, 0.4) is 0 Å². The molecule has 3 heterocycles. The summed E-state index contributed by atoms with van der Waals surface area (Å²) in [6.45, 7) is 1.97. The maximum absolute atomic E-state index is 12.7. The third kappa shape index (κ3) is 4.98. The van der Waals surface area contributed by atoms with Crippen molar-refractivity contribution in [1.29, 1.82) is 0 Å². The van der Waals surface area contributed by atoms with E-state index in [1.54, 1.807) is 18.6 Å². The van der Waals surface area contributed by atoms with E-state index < -0.39 is 0 Å². The average Bonchev–Trinajstić information content (AvgIpc) is 2.82. The first-order chi connectivity index (χ1) is 16.1. The van der Waals surface area contributed by atoms with Gasteiger partial charge in [-0.2, -0.15) is 4.98 Å². The Morgan fingerprint density at radius 1 is 1.00 bits per heavy atom. The summed E-state index contributed by atoms with van der Waals surface area (Å²) in [7, 11) is 0. The van der Waals surface area contributed by atoms with E-state index in [2.05, 4.69) is 49.1 Å². The predicted molar refractivity (Wildman–Crippen MR) is 130 cm³/mol. The van der Waals surface area contributed by atoms with Crippen LogP contribution in [0.5, 0.6) is 0 Å². The van der Waals surface area contributed by atoms with Crippen LogP contribution in [-0.2, 0) is 24.1 Å². The Balaban J connectivity index is 1.47. The largest absolute Gasteiger partial charge is 0.340 e. The zero-order valence-electron chi connectivity index (χ0n) is 18.3. The van der Waals surface area contributed by atoms with Gasteiger partial charge < -0.3 is 16.0 Å². The van der Waals surface area contributed by atoms with Crippen LogP contribution in [0.4, 0.5) is 28.8 Å². The van der Waals surface area contributed by atoms with E-state index in [9.17, 15) is 4.79 Å². The van der Waals surface area contributed by atoms with Gasteiger partial charge >= 0.3 is 0 Å². The van der Waals surface area contributed by atoms with Crippen molar-refractivity contribution in [3.05, 3.63) is 95.4 Å². The Morgan fingerprint density at radius 3 is 2.79 bits per heavy atom. The highest BCUT2D eigenvalue weighted by Gasteiger charge is 2.12. The van der Waals surface area contributed by atoms with Crippen molar-refractivity contribution < 1.29 is 4.79 Å². The van der Waals surface area contributed by atoms with E-state index in [0.29, 0.717) is 5.95 Å². The fourth-order valence-corrected chi connectivity index (χ4v) is 3.86. The Labute approximate surface area is 192 Å². The van der Waals surface area contributed by atoms with Gasteiger partial charge in [0.15, 0.2) is 0 Å². The van der Waals surface area contributed by atoms with Crippen molar-refractivity contribution in [3.63, 3.8) is 0 Å². The van der Waals surface area contributed by atoms with Crippen molar-refractivity contribution in [2.45, 2.75) is 26.2 Å². The van der Waals surface area contributed by atoms with Crippen LogP contribution in [0.15, 0.2) is 73.2 Å². The van der Waals surface area contributed by atoms with Gasteiger partial charge in [-0.25, -0.2) is 4.98 Å². The molecule has 0 fully saturated rings. The van der Waals surface area contributed by atoms with Gasteiger partial charge in [-0.05, 0) is 72.9 Å². The second-order valence-corrected chi connectivity index (χ2v) is 8.13. The first-order valence-corrected chi connectivity index (χ1v) is 10.9. The number of carbonyl (C=O) groups excluding carboxylic acids is 1. The van der Waals surface area contributed by atoms with Gasteiger partial charge in [-0.15, -0.1) is 0 Å². The minimum Gasteiger partial charge on any atom is -0.340 e. The minimum absolute atomic E-state index is 0.0645. The summed E-state index contributed by atoms with van der Waals surface area (Å²) in [6.07, 6.45) is 7.12. The number of rotatable bonds is 3. The van der Waals surface area contributed by atoms with Crippen molar-refractivity contribution >= 4 is 34.7 Å². The smallest absolute Gasteiger partial charge is 0.229 e. The SMILES string of the molecule is Cc1cnc2nc1Nc1ccc(NC(=O)Cc3cccnc3)c(c1)CCc1cccc(c1)N2. The number of nitrogens with zero attached hydrogens (tertiary/aromatic N) is 3. The number of nitrogens with one attached hydrogen (secondary N) is 3. The summed E-state index contributed by atoms with van der Waals surface area (Å²) in [5, 5.41) is 9.79. The molecule has 0 saturated carbocycles. The number of pyridine rings is 1. The average molecular weight is 437 g/mol. The molecule has 7 nitrogen and oxygen atoms in total. The maximum atomic E-state index is 12.7. The highest BCUT2D eigenvalue weighted by molar-refractivity contribution is 5.93. The van der Waals surface area contributed by atoms with Crippen molar-refractivity contribution in [2.24, 2.45) is 0 Å².